The van der Waals surface area contributed by atoms with Crippen LogP contribution in [0, 0.1) is 24.7 Å². The zero-order valence-electron chi connectivity index (χ0n) is 17.7. The van der Waals surface area contributed by atoms with E-state index in [1.54, 1.807) is 5.56 Å². The lowest BCUT2D eigenvalue weighted by molar-refractivity contribution is -0.00544. The van der Waals surface area contributed by atoms with Gasteiger partial charge in [0.05, 0.1) is 0 Å². The first-order valence-corrected chi connectivity index (χ1v) is 11.4. The van der Waals surface area contributed by atoms with Crippen molar-refractivity contribution in [3.05, 3.63) is 71.3 Å². The summed E-state index contributed by atoms with van der Waals surface area (Å²) in [6, 6.07) is 19.4. The Hall–Kier alpha value is -2.61. The number of amides is 1. The summed E-state index contributed by atoms with van der Waals surface area (Å²) < 4.78 is 0. The van der Waals surface area contributed by atoms with Crippen molar-refractivity contribution in [2.24, 2.45) is 23.5 Å². The molecule has 0 aromatic heterocycles. The fraction of sp³-hybridized carbons (Fsp3) is 0.393. The number of carbonyl (C=O) groups excluding carboxylic acids is 1. The molecule has 0 radical (unpaired) electrons. The van der Waals surface area contributed by atoms with Gasteiger partial charge in [0, 0.05) is 5.56 Å². The van der Waals surface area contributed by atoms with Crippen LogP contribution >= 0.6 is 0 Å². The quantitative estimate of drug-likeness (QED) is 0.549. The molecule has 4 fully saturated rings. The summed E-state index contributed by atoms with van der Waals surface area (Å²) in [5.74, 6) is 2.50. The van der Waals surface area contributed by atoms with Crippen molar-refractivity contribution in [2.75, 3.05) is 0 Å². The molecular formula is C28H29NO. The summed E-state index contributed by atoms with van der Waals surface area (Å²) in [5, 5.41) is 2.21. The van der Waals surface area contributed by atoms with Gasteiger partial charge in [-0.15, -0.1) is 0 Å². The van der Waals surface area contributed by atoms with E-state index in [-0.39, 0.29) is 5.91 Å². The maximum absolute atomic E-state index is 11.5. The van der Waals surface area contributed by atoms with Crippen molar-refractivity contribution in [1.82, 2.24) is 0 Å². The van der Waals surface area contributed by atoms with E-state index < -0.39 is 0 Å². The van der Waals surface area contributed by atoms with Crippen LogP contribution in [0.4, 0.5) is 0 Å². The van der Waals surface area contributed by atoms with E-state index in [1.807, 2.05) is 18.2 Å². The number of carbonyl (C=O) groups is 1. The van der Waals surface area contributed by atoms with Crippen molar-refractivity contribution >= 4 is 16.7 Å². The van der Waals surface area contributed by atoms with Gasteiger partial charge in [-0.2, -0.15) is 0 Å². The largest absolute Gasteiger partial charge is 0.366 e. The molecule has 2 N–H and O–H groups in total. The Morgan fingerprint density at radius 3 is 2.03 bits per heavy atom. The van der Waals surface area contributed by atoms with Gasteiger partial charge in [0.25, 0.3) is 0 Å². The summed E-state index contributed by atoms with van der Waals surface area (Å²) in [5.41, 5.74) is 12.1. The van der Waals surface area contributed by atoms with Crippen molar-refractivity contribution in [1.29, 1.82) is 0 Å². The Morgan fingerprint density at radius 2 is 1.37 bits per heavy atom. The molecule has 0 atom stereocenters. The van der Waals surface area contributed by atoms with Crippen LogP contribution in [0.25, 0.3) is 21.9 Å². The Kier molecular flexibility index (Phi) is 3.90. The Bertz CT molecular complexity index is 1140. The van der Waals surface area contributed by atoms with E-state index >= 15 is 0 Å². The zero-order valence-corrected chi connectivity index (χ0v) is 17.7. The standard InChI is InChI=1S/C28H29NO/c1-17-2-3-24(22-4-5-23-12-25(27(29)30)7-6-21(23)11-22)13-26(17)28-14-18-8-19(15-28)10-20(9-18)16-28/h2-7,11-13,18-20H,8-10,14-16H2,1H3,(H2,29,30). The first kappa shape index (κ1) is 18.2. The molecule has 4 aliphatic carbocycles. The Labute approximate surface area is 178 Å². The molecule has 2 nitrogen and oxygen atoms in total. The second-order valence-electron chi connectivity index (χ2n) is 10.4. The van der Waals surface area contributed by atoms with Gasteiger partial charge in [-0.3, -0.25) is 4.79 Å². The number of nitrogens with two attached hydrogens (primary N) is 1. The van der Waals surface area contributed by atoms with Crippen molar-refractivity contribution in [3.8, 4) is 11.1 Å². The summed E-state index contributed by atoms with van der Waals surface area (Å²) in [6.45, 7) is 2.31. The predicted octanol–water partition coefficient (Wildman–Crippen LogP) is 6.38. The highest BCUT2D eigenvalue weighted by molar-refractivity contribution is 5.98. The third kappa shape index (κ3) is 2.80. The zero-order chi connectivity index (χ0) is 20.5. The highest BCUT2D eigenvalue weighted by Crippen LogP contribution is 2.61. The molecule has 152 valence electrons. The molecule has 0 aliphatic heterocycles. The highest BCUT2D eigenvalue weighted by Gasteiger charge is 2.51. The number of primary amides is 1. The summed E-state index contributed by atoms with van der Waals surface area (Å²) >= 11 is 0. The van der Waals surface area contributed by atoms with E-state index in [9.17, 15) is 4.79 Å². The number of aryl methyl sites for hydroxylation is 1. The maximum atomic E-state index is 11.5. The number of fused-ring (bicyclic) bond motifs is 1. The molecule has 0 unspecified atom stereocenters. The van der Waals surface area contributed by atoms with Crippen molar-refractivity contribution in [2.45, 2.75) is 50.9 Å². The number of benzene rings is 3. The maximum Gasteiger partial charge on any atom is 0.248 e. The van der Waals surface area contributed by atoms with E-state index in [2.05, 4.69) is 43.3 Å². The van der Waals surface area contributed by atoms with Crippen LogP contribution in [0.1, 0.15) is 60.0 Å². The van der Waals surface area contributed by atoms with Crippen molar-refractivity contribution < 1.29 is 4.79 Å². The van der Waals surface area contributed by atoms with Gasteiger partial charge < -0.3 is 5.73 Å². The van der Waals surface area contributed by atoms with Gasteiger partial charge in [-0.05, 0) is 120 Å². The highest BCUT2D eigenvalue weighted by atomic mass is 16.1. The molecule has 1 amide bonds. The minimum absolute atomic E-state index is 0.375. The SMILES string of the molecule is Cc1ccc(-c2ccc3cc(C(N)=O)ccc3c2)cc1C12CC3CC(CC(C3)C1)C2. The van der Waals surface area contributed by atoms with Crippen molar-refractivity contribution in [3.63, 3.8) is 0 Å². The first-order chi connectivity index (χ1) is 14.5. The lowest BCUT2D eigenvalue weighted by Gasteiger charge is -2.57. The van der Waals surface area contributed by atoms with Gasteiger partial charge >= 0.3 is 0 Å². The number of hydrogen-bond acceptors (Lipinski definition) is 1. The molecule has 0 saturated heterocycles. The third-order valence-electron chi connectivity index (χ3n) is 8.31. The van der Waals surface area contributed by atoms with Crippen LogP contribution in [0.3, 0.4) is 0 Å². The van der Waals surface area contributed by atoms with Gasteiger partial charge in [0.2, 0.25) is 5.91 Å². The average Bonchev–Trinajstić information content (AvgIpc) is 2.72. The fourth-order valence-electron chi connectivity index (χ4n) is 7.39. The normalized spacial score (nSPS) is 29.4. The number of hydrogen-bond donors (Lipinski definition) is 1. The van der Waals surface area contributed by atoms with Crippen LogP contribution < -0.4 is 5.73 Å². The molecule has 30 heavy (non-hydrogen) atoms. The minimum atomic E-state index is -0.375. The second kappa shape index (κ2) is 6.44. The molecule has 3 aromatic rings. The Morgan fingerprint density at radius 1 is 0.800 bits per heavy atom. The van der Waals surface area contributed by atoms with Crippen LogP contribution in [-0.4, -0.2) is 5.91 Å². The van der Waals surface area contributed by atoms with Crippen LogP contribution in [-0.2, 0) is 5.41 Å². The van der Waals surface area contributed by atoms with Crippen LogP contribution in [0.2, 0.25) is 0 Å². The van der Waals surface area contributed by atoms with E-state index in [0.29, 0.717) is 11.0 Å². The van der Waals surface area contributed by atoms with E-state index in [0.717, 1.165) is 28.5 Å². The minimum Gasteiger partial charge on any atom is -0.366 e. The molecule has 7 rings (SSSR count). The van der Waals surface area contributed by atoms with Gasteiger partial charge in [0.1, 0.15) is 0 Å². The predicted molar refractivity (Wildman–Crippen MR) is 122 cm³/mol. The third-order valence-corrected chi connectivity index (χ3v) is 8.31. The smallest absolute Gasteiger partial charge is 0.248 e. The van der Waals surface area contributed by atoms with Gasteiger partial charge in [-0.25, -0.2) is 0 Å². The van der Waals surface area contributed by atoms with Crippen LogP contribution in [0.5, 0.6) is 0 Å². The molecular weight excluding hydrogens is 366 g/mol. The topological polar surface area (TPSA) is 43.1 Å². The molecule has 4 saturated carbocycles. The molecule has 4 bridgehead atoms. The molecule has 4 aliphatic rings. The van der Waals surface area contributed by atoms with E-state index in [4.69, 9.17) is 5.73 Å². The average molecular weight is 396 g/mol. The summed E-state index contributed by atoms with van der Waals surface area (Å²) in [4.78, 5) is 11.5. The second-order valence-corrected chi connectivity index (χ2v) is 10.4. The van der Waals surface area contributed by atoms with Gasteiger partial charge in [-0.1, -0.05) is 36.4 Å². The number of rotatable bonds is 3. The lowest BCUT2D eigenvalue weighted by Crippen LogP contribution is -2.48. The summed E-state index contributed by atoms with van der Waals surface area (Å²) in [7, 11) is 0. The van der Waals surface area contributed by atoms with Gasteiger partial charge in [0.15, 0.2) is 0 Å². The summed E-state index contributed by atoms with van der Waals surface area (Å²) in [6.07, 6.45) is 8.65. The monoisotopic (exact) mass is 395 g/mol. The first-order valence-electron chi connectivity index (χ1n) is 11.4. The lowest BCUT2D eigenvalue weighted by atomic mass is 9.47. The molecule has 2 heteroatoms. The van der Waals surface area contributed by atoms with Crippen LogP contribution in [0.15, 0.2) is 54.6 Å². The fourth-order valence-corrected chi connectivity index (χ4v) is 7.39. The molecule has 3 aromatic carbocycles. The van der Waals surface area contributed by atoms with E-state index in [1.165, 1.54) is 55.2 Å². The molecule has 0 heterocycles. The molecule has 0 spiro atoms. The Balaban J connectivity index is 1.41.